The molecule has 0 spiro atoms. The Morgan fingerprint density at radius 2 is 1.61 bits per heavy atom. The van der Waals surface area contributed by atoms with Crippen molar-refractivity contribution in [3.8, 4) is 0 Å². The van der Waals surface area contributed by atoms with Crippen LogP contribution in [0.4, 0.5) is 10.1 Å². The van der Waals surface area contributed by atoms with E-state index in [9.17, 15) is 14.0 Å². The van der Waals surface area contributed by atoms with Crippen molar-refractivity contribution < 1.29 is 14.0 Å². The molecule has 2 unspecified atom stereocenters. The van der Waals surface area contributed by atoms with E-state index in [1.807, 2.05) is 61.8 Å². The van der Waals surface area contributed by atoms with Gasteiger partial charge in [-0.15, -0.1) is 0 Å². The Balaban J connectivity index is 1.14. The lowest BCUT2D eigenvalue weighted by Crippen LogP contribution is -2.48. The lowest BCUT2D eigenvalue weighted by atomic mass is 9.79. The van der Waals surface area contributed by atoms with Gasteiger partial charge in [-0.1, -0.05) is 48.5 Å². The highest BCUT2D eigenvalue weighted by atomic mass is 19.1. The quantitative estimate of drug-likeness (QED) is 0.341. The van der Waals surface area contributed by atoms with E-state index in [2.05, 4.69) is 31.8 Å². The van der Waals surface area contributed by atoms with Gasteiger partial charge in [-0.3, -0.25) is 14.5 Å². The second-order valence-corrected chi connectivity index (χ2v) is 11.1. The molecule has 3 heterocycles. The lowest BCUT2D eigenvalue weighted by molar-refractivity contribution is -0.124. The molecule has 1 aromatic heterocycles. The molecule has 0 radical (unpaired) electrons. The predicted octanol–water partition coefficient (Wildman–Crippen LogP) is 4.56. The summed E-state index contributed by atoms with van der Waals surface area (Å²) in [6, 6.07) is 22.1. The fraction of sp³-hybridized carbons (Fsp3) is 0.333. The number of carbonyl (C=O) groups is 2. The molecule has 1 fully saturated rings. The molecule has 212 valence electrons. The van der Waals surface area contributed by atoms with Crippen LogP contribution in [0.2, 0.25) is 0 Å². The number of rotatable bonds is 7. The number of hydrogen-bond donors (Lipinski definition) is 1. The molecule has 41 heavy (non-hydrogen) atoms. The second kappa shape index (κ2) is 11.4. The number of nitrogens with zero attached hydrogens (tertiary/aromatic N) is 4. The molecule has 6 rings (SSSR count). The Morgan fingerprint density at radius 1 is 0.902 bits per heavy atom. The van der Waals surface area contributed by atoms with Gasteiger partial charge in [0, 0.05) is 75.0 Å². The maximum Gasteiger partial charge on any atom is 0.254 e. The number of piperazine rings is 1. The molecule has 8 heteroatoms. The number of aryl methyl sites for hydroxylation is 1. The second-order valence-electron chi connectivity index (χ2n) is 11.1. The summed E-state index contributed by atoms with van der Waals surface area (Å²) in [5.41, 5.74) is 4.06. The average Bonchev–Trinajstić information content (AvgIpc) is 3.33. The number of amides is 2. The van der Waals surface area contributed by atoms with Crippen molar-refractivity contribution in [2.75, 3.05) is 51.2 Å². The first kappa shape index (κ1) is 27.0. The minimum Gasteiger partial charge on any atom is -0.367 e. The summed E-state index contributed by atoms with van der Waals surface area (Å²) < 4.78 is 16.2. The van der Waals surface area contributed by atoms with Gasteiger partial charge in [0.15, 0.2) is 0 Å². The summed E-state index contributed by atoms with van der Waals surface area (Å²) in [5, 5.41) is 4.24. The minimum absolute atomic E-state index is 0.0703. The summed E-state index contributed by atoms with van der Waals surface area (Å²) in [6.07, 6.45) is 2.86. The van der Waals surface area contributed by atoms with E-state index in [0.717, 1.165) is 61.2 Å². The van der Waals surface area contributed by atoms with E-state index in [0.29, 0.717) is 17.8 Å². The Morgan fingerprint density at radius 3 is 2.41 bits per heavy atom. The summed E-state index contributed by atoms with van der Waals surface area (Å²) in [5.74, 6) is -0.845. The molecule has 0 saturated carbocycles. The van der Waals surface area contributed by atoms with Crippen LogP contribution in [0.15, 0.2) is 79.0 Å². The maximum absolute atomic E-state index is 14.2. The van der Waals surface area contributed by atoms with Gasteiger partial charge >= 0.3 is 0 Å². The standard InChI is InChI=1S/C33H36FN5O2/c1-36-22-26(23-10-5-7-14-28(23)36)31-30(24-11-3-4-12-25(24)33(41)37(31)2)32(40)35-16-9-17-38-18-20-39(21-19-38)29-15-8-6-13-27(29)34/h3-8,10-15,22,30-31H,9,16-21H2,1-2H3,(H,35,40). The highest BCUT2D eigenvalue weighted by molar-refractivity contribution is 6.02. The van der Waals surface area contributed by atoms with Gasteiger partial charge in [-0.2, -0.15) is 0 Å². The molecule has 0 bridgehead atoms. The van der Waals surface area contributed by atoms with Crippen molar-refractivity contribution >= 4 is 28.4 Å². The fourth-order valence-corrected chi connectivity index (χ4v) is 6.50. The normalized spacial score (nSPS) is 19.4. The zero-order chi connectivity index (χ0) is 28.5. The molecule has 3 aromatic carbocycles. The van der Waals surface area contributed by atoms with Gasteiger partial charge in [0.05, 0.1) is 17.6 Å². The zero-order valence-corrected chi connectivity index (χ0v) is 23.6. The Bertz CT molecular complexity index is 1570. The number of benzene rings is 3. The third-order valence-corrected chi connectivity index (χ3v) is 8.62. The Hall–Kier alpha value is -4.17. The van der Waals surface area contributed by atoms with Gasteiger partial charge in [0.1, 0.15) is 5.82 Å². The number of fused-ring (bicyclic) bond motifs is 2. The van der Waals surface area contributed by atoms with Crippen LogP contribution in [0.1, 0.15) is 39.9 Å². The highest BCUT2D eigenvalue weighted by Crippen LogP contribution is 2.44. The monoisotopic (exact) mass is 553 g/mol. The number of likely N-dealkylation sites (N-methyl/N-ethyl adjacent to an activating group) is 1. The number of anilines is 1. The number of aromatic nitrogens is 1. The van der Waals surface area contributed by atoms with Crippen molar-refractivity contribution in [2.24, 2.45) is 7.05 Å². The van der Waals surface area contributed by atoms with Gasteiger partial charge in [-0.05, 0) is 42.8 Å². The predicted molar refractivity (Wildman–Crippen MR) is 160 cm³/mol. The van der Waals surface area contributed by atoms with Crippen LogP contribution in [0.25, 0.3) is 10.9 Å². The molecule has 1 N–H and O–H groups in total. The molecular formula is C33H36FN5O2. The molecule has 2 amide bonds. The number of hydrogen-bond acceptors (Lipinski definition) is 4. The van der Waals surface area contributed by atoms with E-state index in [1.165, 1.54) is 6.07 Å². The van der Waals surface area contributed by atoms with Gasteiger partial charge in [-0.25, -0.2) is 4.39 Å². The van der Waals surface area contributed by atoms with Crippen LogP contribution < -0.4 is 10.2 Å². The SMILES string of the molecule is CN1C(=O)c2ccccc2C(C(=O)NCCCN2CCN(c3ccccc3F)CC2)C1c1cn(C)c2ccccc12. The number of nitrogens with one attached hydrogen (secondary N) is 1. The van der Waals surface area contributed by atoms with Crippen molar-refractivity contribution in [3.63, 3.8) is 0 Å². The van der Waals surface area contributed by atoms with Crippen LogP contribution in [-0.4, -0.2) is 72.5 Å². The van der Waals surface area contributed by atoms with Gasteiger partial charge in [0.2, 0.25) is 5.91 Å². The summed E-state index contributed by atoms with van der Waals surface area (Å²) in [6.45, 7) is 4.67. The van der Waals surface area contributed by atoms with E-state index in [1.54, 1.807) is 18.0 Å². The van der Waals surface area contributed by atoms with E-state index in [4.69, 9.17) is 0 Å². The smallest absolute Gasteiger partial charge is 0.254 e. The lowest BCUT2D eigenvalue weighted by Gasteiger charge is -2.39. The summed E-state index contributed by atoms with van der Waals surface area (Å²) in [4.78, 5) is 33.5. The third kappa shape index (κ3) is 5.08. The molecule has 2 aliphatic rings. The van der Waals surface area contributed by atoms with Crippen molar-refractivity contribution in [2.45, 2.75) is 18.4 Å². The minimum atomic E-state index is -0.524. The molecule has 2 atom stereocenters. The topological polar surface area (TPSA) is 60.8 Å². The van der Waals surface area contributed by atoms with Crippen LogP contribution >= 0.6 is 0 Å². The third-order valence-electron chi connectivity index (χ3n) is 8.62. The van der Waals surface area contributed by atoms with E-state index in [-0.39, 0.29) is 17.6 Å². The first-order valence-corrected chi connectivity index (χ1v) is 14.3. The van der Waals surface area contributed by atoms with Crippen molar-refractivity contribution in [3.05, 3.63) is 102 Å². The van der Waals surface area contributed by atoms with Crippen LogP contribution in [0.3, 0.4) is 0 Å². The molecular weight excluding hydrogens is 517 g/mol. The molecule has 0 aliphatic carbocycles. The van der Waals surface area contributed by atoms with Crippen molar-refractivity contribution in [1.82, 2.24) is 19.7 Å². The van der Waals surface area contributed by atoms with E-state index < -0.39 is 12.0 Å². The molecule has 2 aliphatic heterocycles. The van der Waals surface area contributed by atoms with Crippen LogP contribution in [-0.2, 0) is 11.8 Å². The average molecular weight is 554 g/mol. The highest BCUT2D eigenvalue weighted by Gasteiger charge is 2.43. The maximum atomic E-state index is 14.2. The zero-order valence-electron chi connectivity index (χ0n) is 23.6. The molecule has 4 aromatic rings. The number of carbonyl (C=O) groups excluding carboxylic acids is 2. The first-order valence-electron chi connectivity index (χ1n) is 14.3. The summed E-state index contributed by atoms with van der Waals surface area (Å²) >= 11 is 0. The Kier molecular flexibility index (Phi) is 7.49. The van der Waals surface area contributed by atoms with Gasteiger partial charge < -0.3 is 19.7 Å². The number of para-hydroxylation sites is 2. The Labute approximate surface area is 240 Å². The van der Waals surface area contributed by atoms with Crippen LogP contribution in [0.5, 0.6) is 0 Å². The first-order chi connectivity index (χ1) is 19.9. The molecule has 1 saturated heterocycles. The van der Waals surface area contributed by atoms with Crippen molar-refractivity contribution in [1.29, 1.82) is 0 Å². The fourth-order valence-electron chi connectivity index (χ4n) is 6.50. The number of halogens is 1. The molecule has 7 nitrogen and oxygen atoms in total. The van der Waals surface area contributed by atoms with E-state index >= 15 is 0 Å². The largest absolute Gasteiger partial charge is 0.367 e. The summed E-state index contributed by atoms with van der Waals surface area (Å²) in [7, 11) is 3.79. The van der Waals surface area contributed by atoms with Crippen LogP contribution in [0, 0.1) is 5.82 Å². The van der Waals surface area contributed by atoms with Gasteiger partial charge in [0.25, 0.3) is 5.91 Å².